The molecule has 106 valence electrons. The van der Waals surface area contributed by atoms with Gasteiger partial charge in [-0.1, -0.05) is 29.8 Å². The Bertz CT molecular complexity index is 413. The monoisotopic (exact) mass is 326 g/mol. The molecule has 0 bridgehead atoms. The van der Waals surface area contributed by atoms with Crippen LogP contribution >= 0.6 is 15.9 Å². The van der Waals surface area contributed by atoms with Crippen LogP contribution in [-0.2, 0) is 11.3 Å². The summed E-state index contributed by atoms with van der Waals surface area (Å²) in [6.07, 6.45) is 2.87. The predicted octanol–water partition coefficient (Wildman–Crippen LogP) is 3.42. The van der Waals surface area contributed by atoms with E-state index >= 15 is 0 Å². The summed E-state index contributed by atoms with van der Waals surface area (Å²) in [6, 6.07) is 6.01. The van der Waals surface area contributed by atoms with Crippen LogP contribution in [0.1, 0.15) is 32.3 Å². The molecule has 2 rings (SSSR count). The van der Waals surface area contributed by atoms with Crippen LogP contribution < -0.4 is 5.73 Å². The highest BCUT2D eigenvalue weighted by atomic mass is 79.9. The van der Waals surface area contributed by atoms with Crippen molar-refractivity contribution in [2.75, 3.05) is 18.8 Å². The van der Waals surface area contributed by atoms with Gasteiger partial charge in [-0.05, 0) is 36.6 Å². The zero-order valence-electron chi connectivity index (χ0n) is 11.7. The first kappa shape index (κ1) is 14.8. The lowest BCUT2D eigenvalue weighted by Crippen LogP contribution is -2.46. The van der Waals surface area contributed by atoms with Crippen LogP contribution in [0.5, 0.6) is 0 Å². The van der Waals surface area contributed by atoms with Gasteiger partial charge in [0.25, 0.3) is 0 Å². The summed E-state index contributed by atoms with van der Waals surface area (Å²) in [5.41, 5.74) is 7.96. The Hall–Kier alpha value is -0.580. The molecule has 2 atom stereocenters. The van der Waals surface area contributed by atoms with Crippen LogP contribution in [0.3, 0.4) is 0 Å². The van der Waals surface area contributed by atoms with E-state index in [9.17, 15) is 0 Å². The summed E-state index contributed by atoms with van der Waals surface area (Å²) in [4.78, 5) is 2.48. The molecule has 1 aromatic rings. The third kappa shape index (κ3) is 3.94. The summed E-state index contributed by atoms with van der Waals surface area (Å²) < 4.78 is 7.16. The molecule has 1 saturated heterocycles. The molecule has 0 spiro atoms. The van der Waals surface area contributed by atoms with Crippen molar-refractivity contribution in [3.63, 3.8) is 0 Å². The SMILES string of the molecule is CCC1CN(Cc2cc(N)ccc2Br)CC(CC)O1. The van der Waals surface area contributed by atoms with E-state index < -0.39 is 0 Å². The minimum atomic E-state index is 0.360. The molecule has 19 heavy (non-hydrogen) atoms. The molecule has 2 unspecified atom stereocenters. The molecular formula is C15H23BrN2O. The fraction of sp³-hybridized carbons (Fsp3) is 0.600. The van der Waals surface area contributed by atoms with Crippen molar-refractivity contribution in [3.05, 3.63) is 28.2 Å². The van der Waals surface area contributed by atoms with Gasteiger partial charge in [-0.3, -0.25) is 4.90 Å². The Morgan fingerprint density at radius 1 is 1.26 bits per heavy atom. The van der Waals surface area contributed by atoms with Gasteiger partial charge in [-0.15, -0.1) is 0 Å². The van der Waals surface area contributed by atoms with Crippen LogP contribution in [0.2, 0.25) is 0 Å². The molecule has 4 heteroatoms. The lowest BCUT2D eigenvalue weighted by molar-refractivity contribution is -0.0893. The van der Waals surface area contributed by atoms with E-state index in [4.69, 9.17) is 10.5 Å². The number of nitrogen functional groups attached to an aromatic ring is 1. The van der Waals surface area contributed by atoms with Gasteiger partial charge in [0.05, 0.1) is 12.2 Å². The molecule has 1 aliphatic heterocycles. The highest BCUT2D eigenvalue weighted by Crippen LogP contribution is 2.24. The van der Waals surface area contributed by atoms with Crippen LogP contribution in [-0.4, -0.2) is 30.2 Å². The van der Waals surface area contributed by atoms with Crippen molar-refractivity contribution < 1.29 is 4.74 Å². The lowest BCUT2D eigenvalue weighted by atomic mass is 10.1. The third-order valence-electron chi connectivity index (χ3n) is 3.68. The Kier molecular flexibility index (Phi) is 5.25. The topological polar surface area (TPSA) is 38.5 Å². The second-order valence-corrected chi connectivity index (χ2v) is 6.10. The molecule has 2 N–H and O–H groups in total. The largest absolute Gasteiger partial charge is 0.399 e. The van der Waals surface area contributed by atoms with E-state index in [2.05, 4.69) is 40.7 Å². The van der Waals surface area contributed by atoms with E-state index in [1.165, 1.54) is 5.56 Å². The van der Waals surface area contributed by atoms with Gasteiger partial charge < -0.3 is 10.5 Å². The first-order valence-corrected chi connectivity index (χ1v) is 7.83. The first-order chi connectivity index (χ1) is 9.12. The molecule has 1 fully saturated rings. The summed E-state index contributed by atoms with van der Waals surface area (Å²) >= 11 is 3.61. The molecule has 1 aliphatic rings. The van der Waals surface area contributed by atoms with Crippen LogP contribution in [0.4, 0.5) is 5.69 Å². The Labute approximate surface area is 124 Å². The van der Waals surface area contributed by atoms with Crippen molar-refractivity contribution in [1.82, 2.24) is 4.90 Å². The fourth-order valence-corrected chi connectivity index (χ4v) is 2.92. The van der Waals surface area contributed by atoms with Gasteiger partial charge in [0.1, 0.15) is 0 Å². The van der Waals surface area contributed by atoms with E-state index in [-0.39, 0.29) is 0 Å². The van der Waals surface area contributed by atoms with Crippen molar-refractivity contribution in [2.24, 2.45) is 0 Å². The number of nitrogens with zero attached hydrogens (tertiary/aromatic N) is 1. The van der Waals surface area contributed by atoms with E-state index in [1.54, 1.807) is 0 Å². The zero-order valence-corrected chi connectivity index (χ0v) is 13.3. The average Bonchev–Trinajstić information content (AvgIpc) is 2.42. The van der Waals surface area contributed by atoms with E-state index in [1.807, 2.05) is 12.1 Å². The number of hydrogen-bond acceptors (Lipinski definition) is 3. The molecule has 1 heterocycles. The first-order valence-electron chi connectivity index (χ1n) is 7.04. The normalized spacial score (nSPS) is 24.6. The average molecular weight is 327 g/mol. The maximum Gasteiger partial charge on any atom is 0.0703 e. The van der Waals surface area contributed by atoms with Gasteiger partial charge in [-0.2, -0.15) is 0 Å². The third-order valence-corrected chi connectivity index (χ3v) is 4.46. The number of anilines is 1. The Morgan fingerprint density at radius 3 is 2.47 bits per heavy atom. The van der Waals surface area contributed by atoms with Crippen LogP contribution in [0.15, 0.2) is 22.7 Å². The molecule has 0 aromatic heterocycles. The number of benzene rings is 1. The fourth-order valence-electron chi connectivity index (χ4n) is 2.55. The van der Waals surface area contributed by atoms with E-state index in [0.29, 0.717) is 12.2 Å². The quantitative estimate of drug-likeness (QED) is 0.861. The van der Waals surface area contributed by atoms with Crippen molar-refractivity contribution >= 4 is 21.6 Å². The Balaban J connectivity index is 2.06. The smallest absolute Gasteiger partial charge is 0.0703 e. The van der Waals surface area contributed by atoms with Crippen LogP contribution in [0, 0.1) is 0 Å². The van der Waals surface area contributed by atoms with Crippen LogP contribution in [0.25, 0.3) is 0 Å². The molecule has 0 amide bonds. The molecule has 3 nitrogen and oxygen atoms in total. The molecule has 0 aliphatic carbocycles. The predicted molar refractivity (Wildman–Crippen MR) is 83.1 cm³/mol. The van der Waals surface area contributed by atoms with Gasteiger partial charge in [0.2, 0.25) is 0 Å². The zero-order chi connectivity index (χ0) is 13.8. The highest BCUT2D eigenvalue weighted by molar-refractivity contribution is 9.10. The van der Waals surface area contributed by atoms with E-state index in [0.717, 1.165) is 42.6 Å². The standard InChI is InChI=1S/C15H23BrN2O/c1-3-13-9-18(10-14(4-2)19-13)8-11-7-12(17)5-6-15(11)16/h5-7,13-14H,3-4,8-10,17H2,1-2H3. The van der Waals surface area contributed by atoms with Crippen molar-refractivity contribution in [3.8, 4) is 0 Å². The summed E-state index contributed by atoms with van der Waals surface area (Å²) in [6.45, 7) is 7.33. The number of halogens is 1. The number of morpholine rings is 1. The highest BCUT2D eigenvalue weighted by Gasteiger charge is 2.25. The molecule has 1 aromatic carbocycles. The second kappa shape index (κ2) is 6.73. The number of hydrogen-bond donors (Lipinski definition) is 1. The Morgan fingerprint density at radius 2 is 1.89 bits per heavy atom. The van der Waals surface area contributed by atoms with Gasteiger partial charge in [-0.25, -0.2) is 0 Å². The van der Waals surface area contributed by atoms with Crippen molar-refractivity contribution in [1.29, 1.82) is 0 Å². The summed E-state index contributed by atoms with van der Waals surface area (Å²) in [5.74, 6) is 0. The summed E-state index contributed by atoms with van der Waals surface area (Å²) in [5, 5.41) is 0. The minimum absolute atomic E-state index is 0.360. The van der Waals surface area contributed by atoms with Gasteiger partial charge >= 0.3 is 0 Å². The number of nitrogens with two attached hydrogens (primary N) is 1. The van der Waals surface area contributed by atoms with Crippen molar-refractivity contribution in [2.45, 2.75) is 45.4 Å². The molecule has 0 radical (unpaired) electrons. The molecule has 0 saturated carbocycles. The number of rotatable bonds is 4. The lowest BCUT2D eigenvalue weighted by Gasteiger charge is -2.37. The second-order valence-electron chi connectivity index (χ2n) is 5.24. The maximum atomic E-state index is 6.03. The number of ether oxygens (including phenoxy) is 1. The van der Waals surface area contributed by atoms with Gasteiger partial charge in [0.15, 0.2) is 0 Å². The minimum Gasteiger partial charge on any atom is -0.399 e. The van der Waals surface area contributed by atoms with Gasteiger partial charge in [0, 0.05) is 29.8 Å². The maximum absolute atomic E-state index is 6.03. The summed E-state index contributed by atoms with van der Waals surface area (Å²) in [7, 11) is 0. The molecular weight excluding hydrogens is 304 g/mol.